The van der Waals surface area contributed by atoms with Gasteiger partial charge >= 0.3 is 0 Å². The summed E-state index contributed by atoms with van der Waals surface area (Å²) in [5.74, 6) is 5.20. The van der Waals surface area contributed by atoms with Crippen LogP contribution in [0.15, 0.2) is 36.4 Å². The minimum absolute atomic E-state index is 0.536. The summed E-state index contributed by atoms with van der Waals surface area (Å²) in [6, 6.07) is 11.7. The molecule has 10 heteroatoms. The van der Waals surface area contributed by atoms with Crippen LogP contribution in [0.4, 0.5) is 0 Å². The van der Waals surface area contributed by atoms with Gasteiger partial charge in [-0.3, -0.25) is 0 Å². The van der Waals surface area contributed by atoms with E-state index >= 15 is 0 Å². The van der Waals surface area contributed by atoms with Crippen LogP contribution in [-0.2, 0) is 12.8 Å². The third-order valence-electron chi connectivity index (χ3n) is 9.40. The highest BCUT2D eigenvalue weighted by atomic mass is 16.5. The van der Waals surface area contributed by atoms with Gasteiger partial charge in [-0.2, -0.15) is 0 Å². The van der Waals surface area contributed by atoms with Crippen molar-refractivity contribution in [3.8, 4) is 62.9 Å². The number of hydrogen-bond donors (Lipinski definition) is 0. The van der Waals surface area contributed by atoms with Crippen LogP contribution in [0.3, 0.4) is 0 Å². The number of aromatic nitrogens is 1. The number of fused-ring (bicyclic) bond motifs is 2. The molecule has 2 aliphatic carbocycles. The normalized spacial score (nSPS) is 14.7. The lowest BCUT2D eigenvalue weighted by Crippen LogP contribution is -2.03. The van der Waals surface area contributed by atoms with E-state index in [0.717, 1.165) is 81.6 Å². The van der Waals surface area contributed by atoms with E-state index in [1.165, 1.54) is 0 Å². The van der Waals surface area contributed by atoms with Crippen LogP contribution in [0.25, 0.3) is 34.4 Å². The van der Waals surface area contributed by atoms with Crippen LogP contribution in [0.5, 0.6) is 51.7 Å². The molecule has 50 heavy (non-hydrogen) atoms. The number of benzene rings is 3. The van der Waals surface area contributed by atoms with Gasteiger partial charge in [0.15, 0.2) is 34.5 Å². The zero-order valence-corrected chi connectivity index (χ0v) is 30.1. The van der Waals surface area contributed by atoms with Crippen LogP contribution in [0, 0.1) is 0 Å². The Bertz CT molecular complexity index is 1890. The van der Waals surface area contributed by atoms with E-state index in [-0.39, 0.29) is 0 Å². The molecule has 0 radical (unpaired) electrons. The van der Waals surface area contributed by atoms with Crippen molar-refractivity contribution >= 4 is 23.3 Å². The van der Waals surface area contributed by atoms with Gasteiger partial charge in [-0.1, -0.05) is 0 Å². The number of rotatable bonds is 12. The molecule has 2 aliphatic rings. The van der Waals surface area contributed by atoms with Gasteiger partial charge in [-0.15, -0.1) is 0 Å². The first-order chi connectivity index (χ1) is 24.4. The molecule has 262 valence electrons. The Morgan fingerprint density at radius 3 is 1.18 bits per heavy atom. The molecule has 0 atom stereocenters. The Morgan fingerprint density at radius 2 is 0.800 bits per heavy atom. The van der Waals surface area contributed by atoms with Gasteiger partial charge in [-0.05, 0) is 102 Å². The molecule has 6 rings (SSSR count). The Hall–Kier alpha value is -5.51. The molecule has 0 spiro atoms. The number of pyridine rings is 1. The maximum atomic E-state index is 6.04. The standard InChI is InChI=1S/C40H43NO9/c1-42-29-17-12-24(35(45-4)38(29)48-7)20-22-10-14-26-32(28-16-19-31(44-3)40(50-9)37(28)47-6)27-15-11-23(34(27)41-33(22)26)21-25-13-18-30(43-2)39(49-8)36(25)46-5/h12-13,16-21H,10-11,14-15H2,1-9H3/b22-20+,23-21+. The molecule has 0 amide bonds. The van der Waals surface area contributed by atoms with Gasteiger partial charge in [0, 0.05) is 16.7 Å². The van der Waals surface area contributed by atoms with Gasteiger partial charge < -0.3 is 42.6 Å². The molecule has 4 aromatic rings. The number of allylic oxidation sites excluding steroid dienone is 2. The summed E-state index contributed by atoms with van der Waals surface area (Å²) in [6.07, 6.45) is 7.44. The first-order valence-electron chi connectivity index (χ1n) is 16.3. The molecule has 0 fully saturated rings. The molecular formula is C40H43NO9. The van der Waals surface area contributed by atoms with Crippen molar-refractivity contribution in [1.82, 2.24) is 4.98 Å². The number of nitrogens with zero attached hydrogens (tertiary/aromatic N) is 1. The second kappa shape index (κ2) is 14.5. The number of ether oxygens (including phenoxy) is 9. The fraction of sp³-hybridized carbons (Fsp3) is 0.325. The smallest absolute Gasteiger partial charge is 0.203 e. The van der Waals surface area contributed by atoms with E-state index in [9.17, 15) is 0 Å². The zero-order valence-electron chi connectivity index (χ0n) is 30.1. The van der Waals surface area contributed by atoms with E-state index in [4.69, 9.17) is 47.6 Å². The second-order valence-corrected chi connectivity index (χ2v) is 11.7. The lowest BCUT2D eigenvalue weighted by Gasteiger charge is -2.20. The van der Waals surface area contributed by atoms with Crippen LogP contribution in [0.2, 0.25) is 0 Å². The lowest BCUT2D eigenvalue weighted by molar-refractivity contribution is 0.324. The SMILES string of the molecule is COc1ccc(/C=C2\CCc3c2nc2c(c3-c3ccc(OC)c(OC)c3OC)CC/C2=C\c2ccc(OC)c(OC)c2OC)c(OC)c1OC. The Balaban J connectivity index is 1.62. The predicted molar refractivity (Wildman–Crippen MR) is 194 cm³/mol. The molecule has 3 aromatic carbocycles. The highest BCUT2D eigenvalue weighted by Gasteiger charge is 2.33. The summed E-state index contributed by atoms with van der Waals surface area (Å²) in [4.78, 5) is 5.44. The van der Waals surface area contributed by atoms with Crippen LogP contribution in [0.1, 0.15) is 46.5 Å². The van der Waals surface area contributed by atoms with Crippen LogP contribution in [-0.4, -0.2) is 69.0 Å². The van der Waals surface area contributed by atoms with Crippen molar-refractivity contribution in [2.45, 2.75) is 25.7 Å². The quantitative estimate of drug-likeness (QED) is 0.147. The van der Waals surface area contributed by atoms with Gasteiger partial charge in [0.2, 0.25) is 17.2 Å². The Morgan fingerprint density at radius 1 is 0.420 bits per heavy atom. The van der Waals surface area contributed by atoms with Gasteiger partial charge in [0.25, 0.3) is 0 Å². The molecule has 0 saturated heterocycles. The lowest BCUT2D eigenvalue weighted by atomic mass is 9.91. The number of hydrogen-bond acceptors (Lipinski definition) is 10. The van der Waals surface area contributed by atoms with Crippen LogP contribution < -0.4 is 42.6 Å². The van der Waals surface area contributed by atoms with Crippen molar-refractivity contribution in [3.63, 3.8) is 0 Å². The van der Waals surface area contributed by atoms with E-state index in [1.807, 2.05) is 36.4 Å². The first-order valence-corrected chi connectivity index (χ1v) is 16.3. The first kappa shape index (κ1) is 34.4. The average molecular weight is 682 g/mol. The second-order valence-electron chi connectivity index (χ2n) is 11.7. The van der Waals surface area contributed by atoms with Crippen molar-refractivity contribution < 1.29 is 42.6 Å². The highest BCUT2D eigenvalue weighted by Crippen LogP contribution is 2.53. The molecule has 0 saturated carbocycles. The molecule has 1 aromatic heterocycles. The molecule has 0 N–H and O–H groups in total. The highest BCUT2D eigenvalue weighted by molar-refractivity contribution is 5.96. The zero-order chi connectivity index (χ0) is 35.5. The summed E-state index contributed by atoms with van der Waals surface area (Å²) >= 11 is 0. The Kier molecular flexibility index (Phi) is 9.99. The molecule has 0 aliphatic heterocycles. The van der Waals surface area contributed by atoms with Crippen molar-refractivity contribution in [2.24, 2.45) is 0 Å². The summed E-state index contributed by atoms with van der Waals surface area (Å²) in [5, 5.41) is 0. The summed E-state index contributed by atoms with van der Waals surface area (Å²) in [5.41, 5.74) is 10.1. The number of methoxy groups -OCH3 is 9. The summed E-state index contributed by atoms with van der Waals surface area (Å²) in [7, 11) is 14.6. The summed E-state index contributed by atoms with van der Waals surface area (Å²) < 4.78 is 51.7. The van der Waals surface area contributed by atoms with Gasteiger partial charge in [-0.25, -0.2) is 4.98 Å². The molecular weight excluding hydrogens is 638 g/mol. The topological polar surface area (TPSA) is 96.0 Å². The van der Waals surface area contributed by atoms with Crippen LogP contribution >= 0.6 is 0 Å². The van der Waals surface area contributed by atoms with E-state index in [1.54, 1.807) is 64.0 Å². The third kappa shape index (κ3) is 5.68. The van der Waals surface area contributed by atoms with E-state index in [0.29, 0.717) is 51.7 Å². The van der Waals surface area contributed by atoms with Crippen molar-refractivity contribution in [3.05, 3.63) is 70.0 Å². The average Bonchev–Trinajstić information content (AvgIpc) is 3.75. The van der Waals surface area contributed by atoms with Crippen molar-refractivity contribution in [1.29, 1.82) is 0 Å². The largest absolute Gasteiger partial charge is 0.493 e. The fourth-order valence-corrected chi connectivity index (χ4v) is 7.20. The fourth-order valence-electron chi connectivity index (χ4n) is 7.20. The molecule has 0 bridgehead atoms. The van der Waals surface area contributed by atoms with E-state index in [2.05, 4.69) is 12.2 Å². The van der Waals surface area contributed by atoms with Crippen molar-refractivity contribution in [2.75, 3.05) is 64.0 Å². The van der Waals surface area contributed by atoms with Gasteiger partial charge in [0.05, 0.1) is 75.4 Å². The monoisotopic (exact) mass is 681 g/mol. The molecule has 10 nitrogen and oxygen atoms in total. The maximum Gasteiger partial charge on any atom is 0.203 e. The van der Waals surface area contributed by atoms with Gasteiger partial charge in [0.1, 0.15) is 0 Å². The molecule has 0 unspecified atom stereocenters. The minimum Gasteiger partial charge on any atom is -0.493 e. The summed E-state index contributed by atoms with van der Waals surface area (Å²) in [6.45, 7) is 0. The third-order valence-corrected chi connectivity index (χ3v) is 9.40. The Labute approximate surface area is 293 Å². The molecule has 1 heterocycles. The van der Waals surface area contributed by atoms with E-state index < -0.39 is 0 Å². The minimum atomic E-state index is 0.536. The predicted octanol–water partition coefficient (Wildman–Crippen LogP) is 7.80. The maximum absolute atomic E-state index is 6.04.